The first-order valence-electron chi connectivity index (χ1n) is 3.89. The molecular formula is C9H12ClNO. The highest BCUT2D eigenvalue weighted by molar-refractivity contribution is 6.33. The van der Waals surface area contributed by atoms with Crippen molar-refractivity contribution in [3.63, 3.8) is 0 Å². The Hall–Kier alpha value is -0.730. The Bertz CT molecular complexity index is 263. The Morgan fingerprint density at radius 2 is 2.17 bits per heavy atom. The molecule has 1 rings (SSSR count). The van der Waals surface area contributed by atoms with Crippen LogP contribution >= 0.6 is 11.6 Å². The summed E-state index contributed by atoms with van der Waals surface area (Å²) in [4.78, 5) is 0. The number of anilines is 1. The monoisotopic (exact) mass is 185 g/mol. The van der Waals surface area contributed by atoms with Crippen molar-refractivity contribution in [2.24, 2.45) is 0 Å². The number of aliphatic hydroxyl groups is 1. The summed E-state index contributed by atoms with van der Waals surface area (Å²) >= 11 is 5.92. The maximum atomic E-state index is 8.61. The van der Waals surface area contributed by atoms with Gasteiger partial charge in [-0.05, 0) is 24.5 Å². The molecule has 0 fully saturated rings. The van der Waals surface area contributed by atoms with Gasteiger partial charge in [0.15, 0.2) is 0 Å². The molecule has 3 N–H and O–H groups in total. The van der Waals surface area contributed by atoms with Crippen LogP contribution in [0.3, 0.4) is 0 Å². The molecule has 1 aromatic carbocycles. The second-order valence-electron chi connectivity index (χ2n) is 2.65. The summed E-state index contributed by atoms with van der Waals surface area (Å²) < 4.78 is 0. The fourth-order valence-corrected chi connectivity index (χ4v) is 1.28. The lowest BCUT2D eigenvalue weighted by molar-refractivity contribution is 0.288. The average Bonchev–Trinajstić information content (AvgIpc) is 2.08. The fourth-order valence-electron chi connectivity index (χ4n) is 1.06. The fraction of sp³-hybridized carbons (Fsp3) is 0.333. The number of hydrogen-bond acceptors (Lipinski definition) is 2. The molecule has 2 nitrogen and oxygen atoms in total. The van der Waals surface area contributed by atoms with Crippen molar-refractivity contribution >= 4 is 17.3 Å². The quantitative estimate of drug-likeness (QED) is 0.706. The molecule has 0 heterocycles. The minimum atomic E-state index is 0.186. The minimum Gasteiger partial charge on any atom is -0.398 e. The number of nitrogen functional groups attached to an aromatic ring is 1. The zero-order valence-electron chi connectivity index (χ0n) is 6.76. The topological polar surface area (TPSA) is 46.2 Å². The Morgan fingerprint density at radius 1 is 1.42 bits per heavy atom. The molecule has 0 amide bonds. The van der Waals surface area contributed by atoms with E-state index in [1.165, 1.54) is 0 Å². The van der Waals surface area contributed by atoms with Crippen LogP contribution in [-0.4, -0.2) is 11.7 Å². The molecule has 0 aliphatic rings. The van der Waals surface area contributed by atoms with Crippen molar-refractivity contribution in [1.29, 1.82) is 0 Å². The predicted molar refractivity (Wildman–Crippen MR) is 51.3 cm³/mol. The van der Waals surface area contributed by atoms with Gasteiger partial charge < -0.3 is 10.8 Å². The molecule has 0 atom stereocenters. The summed E-state index contributed by atoms with van der Waals surface area (Å²) in [7, 11) is 0. The number of aryl methyl sites for hydroxylation is 1. The van der Waals surface area contributed by atoms with Crippen LogP contribution < -0.4 is 5.73 Å². The van der Waals surface area contributed by atoms with Gasteiger partial charge in [0, 0.05) is 6.61 Å². The second-order valence-corrected chi connectivity index (χ2v) is 3.03. The summed E-state index contributed by atoms with van der Waals surface area (Å²) in [6.45, 7) is 0.186. The molecule has 0 aliphatic carbocycles. The van der Waals surface area contributed by atoms with E-state index in [-0.39, 0.29) is 6.61 Å². The molecule has 66 valence electrons. The third kappa shape index (κ3) is 2.13. The van der Waals surface area contributed by atoms with Gasteiger partial charge >= 0.3 is 0 Å². The van der Waals surface area contributed by atoms with Crippen molar-refractivity contribution in [2.75, 3.05) is 12.3 Å². The molecule has 3 heteroatoms. The standard InChI is InChI=1S/C9H12ClNO/c10-9-7(4-2-6-12)3-1-5-8(9)11/h1,3,5,12H,2,4,6,11H2. The number of nitrogens with two attached hydrogens (primary N) is 1. The summed E-state index contributed by atoms with van der Waals surface area (Å²) in [6, 6.07) is 5.56. The Balaban J connectivity index is 2.78. The number of benzene rings is 1. The maximum absolute atomic E-state index is 8.61. The summed E-state index contributed by atoms with van der Waals surface area (Å²) in [6.07, 6.45) is 1.50. The minimum absolute atomic E-state index is 0.186. The van der Waals surface area contributed by atoms with Gasteiger partial charge in [-0.3, -0.25) is 0 Å². The average molecular weight is 186 g/mol. The van der Waals surface area contributed by atoms with E-state index in [9.17, 15) is 0 Å². The Morgan fingerprint density at radius 3 is 2.83 bits per heavy atom. The zero-order chi connectivity index (χ0) is 8.97. The predicted octanol–water partition coefficient (Wildman–Crippen LogP) is 1.85. The van der Waals surface area contributed by atoms with E-state index in [0.717, 1.165) is 18.4 Å². The van der Waals surface area contributed by atoms with Crippen molar-refractivity contribution in [3.8, 4) is 0 Å². The van der Waals surface area contributed by atoms with E-state index in [2.05, 4.69) is 0 Å². The molecular weight excluding hydrogens is 174 g/mol. The van der Waals surface area contributed by atoms with Crippen molar-refractivity contribution in [1.82, 2.24) is 0 Å². The first-order chi connectivity index (χ1) is 5.75. The maximum Gasteiger partial charge on any atom is 0.0667 e. The van der Waals surface area contributed by atoms with Gasteiger partial charge in [0.2, 0.25) is 0 Å². The number of aliphatic hydroxyl groups excluding tert-OH is 1. The molecule has 0 aromatic heterocycles. The van der Waals surface area contributed by atoms with Gasteiger partial charge in [-0.2, -0.15) is 0 Å². The van der Waals surface area contributed by atoms with Gasteiger partial charge in [-0.15, -0.1) is 0 Å². The molecule has 0 saturated carbocycles. The lowest BCUT2D eigenvalue weighted by Crippen LogP contribution is -1.94. The Labute approximate surface area is 77.0 Å². The summed E-state index contributed by atoms with van der Waals surface area (Å²) in [5.74, 6) is 0. The van der Waals surface area contributed by atoms with Crippen LogP contribution in [0.25, 0.3) is 0 Å². The third-order valence-corrected chi connectivity index (χ3v) is 2.17. The van der Waals surface area contributed by atoms with Gasteiger partial charge in [-0.25, -0.2) is 0 Å². The number of hydrogen-bond donors (Lipinski definition) is 2. The van der Waals surface area contributed by atoms with Crippen LogP contribution in [0.5, 0.6) is 0 Å². The van der Waals surface area contributed by atoms with Gasteiger partial charge in [0.1, 0.15) is 0 Å². The van der Waals surface area contributed by atoms with Gasteiger partial charge in [0.25, 0.3) is 0 Å². The van der Waals surface area contributed by atoms with Crippen LogP contribution in [0.2, 0.25) is 5.02 Å². The molecule has 0 unspecified atom stereocenters. The molecule has 0 bridgehead atoms. The molecule has 0 radical (unpaired) electrons. The van der Waals surface area contributed by atoms with E-state index in [1.54, 1.807) is 6.07 Å². The van der Waals surface area contributed by atoms with E-state index in [4.69, 9.17) is 22.4 Å². The molecule has 0 saturated heterocycles. The highest BCUT2D eigenvalue weighted by Gasteiger charge is 2.01. The first-order valence-corrected chi connectivity index (χ1v) is 4.27. The van der Waals surface area contributed by atoms with Crippen LogP contribution in [0.1, 0.15) is 12.0 Å². The van der Waals surface area contributed by atoms with E-state index in [0.29, 0.717) is 10.7 Å². The molecule has 12 heavy (non-hydrogen) atoms. The third-order valence-electron chi connectivity index (χ3n) is 1.71. The van der Waals surface area contributed by atoms with Crippen LogP contribution in [0.15, 0.2) is 18.2 Å². The van der Waals surface area contributed by atoms with E-state index < -0.39 is 0 Å². The highest BCUT2D eigenvalue weighted by atomic mass is 35.5. The van der Waals surface area contributed by atoms with Crippen LogP contribution in [0, 0.1) is 0 Å². The Kier molecular flexibility index (Phi) is 3.38. The normalized spacial score (nSPS) is 10.2. The summed E-state index contributed by atoms with van der Waals surface area (Å²) in [5, 5.41) is 9.23. The SMILES string of the molecule is Nc1cccc(CCCO)c1Cl. The van der Waals surface area contributed by atoms with Gasteiger partial charge in [0.05, 0.1) is 10.7 Å². The lowest BCUT2D eigenvalue weighted by Gasteiger charge is -2.04. The van der Waals surface area contributed by atoms with Crippen molar-refractivity contribution < 1.29 is 5.11 Å². The number of rotatable bonds is 3. The van der Waals surface area contributed by atoms with Crippen molar-refractivity contribution in [2.45, 2.75) is 12.8 Å². The lowest BCUT2D eigenvalue weighted by atomic mass is 10.1. The first kappa shape index (κ1) is 9.36. The van der Waals surface area contributed by atoms with E-state index in [1.807, 2.05) is 12.1 Å². The van der Waals surface area contributed by atoms with Crippen molar-refractivity contribution in [3.05, 3.63) is 28.8 Å². The highest BCUT2D eigenvalue weighted by Crippen LogP contribution is 2.23. The van der Waals surface area contributed by atoms with Crippen LogP contribution in [-0.2, 0) is 6.42 Å². The second kappa shape index (κ2) is 4.33. The summed E-state index contributed by atoms with van der Waals surface area (Å²) in [5.41, 5.74) is 7.21. The molecule has 0 aliphatic heterocycles. The zero-order valence-corrected chi connectivity index (χ0v) is 7.51. The largest absolute Gasteiger partial charge is 0.398 e. The molecule has 0 spiro atoms. The smallest absolute Gasteiger partial charge is 0.0667 e. The van der Waals surface area contributed by atoms with E-state index >= 15 is 0 Å². The number of halogens is 1. The molecule has 1 aromatic rings. The van der Waals surface area contributed by atoms with Gasteiger partial charge in [-0.1, -0.05) is 23.7 Å². The van der Waals surface area contributed by atoms with Crippen LogP contribution in [0.4, 0.5) is 5.69 Å².